The highest BCUT2D eigenvalue weighted by Crippen LogP contribution is 2.48. The van der Waals surface area contributed by atoms with Gasteiger partial charge in [-0.05, 0) is 31.6 Å². The summed E-state index contributed by atoms with van der Waals surface area (Å²) in [6.07, 6.45) is 4.93. The van der Waals surface area contributed by atoms with Gasteiger partial charge in [-0.1, -0.05) is 0 Å². The third-order valence-electron chi connectivity index (χ3n) is 3.28. The molecule has 0 amide bonds. The molecular formula is C8H15NO. The predicted molar refractivity (Wildman–Crippen MR) is 39.7 cm³/mol. The Kier molecular flexibility index (Phi) is 1.29. The molecule has 0 radical (unpaired) electrons. The molecule has 0 aromatic heterocycles. The Morgan fingerprint density at radius 1 is 1.60 bits per heavy atom. The Labute approximate surface area is 61.7 Å². The Morgan fingerprint density at radius 3 is 2.70 bits per heavy atom. The second-order valence-corrected chi connectivity index (χ2v) is 3.72. The number of nitrogens with two attached hydrogens (primary N) is 1. The van der Waals surface area contributed by atoms with Crippen LogP contribution >= 0.6 is 0 Å². The summed E-state index contributed by atoms with van der Waals surface area (Å²) in [5.41, 5.74) is 6.03. The molecule has 0 aliphatic heterocycles. The summed E-state index contributed by atoms with van der Waals surface area (Å²) in [5.74, 6) is 0.870. The monoisotopic (exact) mass is 141 g/mol. The van der Waals surface area contributed by atoms with Crippen LogP contribution in [-0.4, -0.2) is 18.8 Å². The third kappa shape index (κ3) is 0.663. The zero-order chi connectivity index (χ0) is 7.19. The van der Waals surface area contributed by atoms with E-state index in [1.807, 2.05) is 0 Å². The van der Waals surface area contributed by atoms with Crippen LogP contribution in [0, 0.1) is 5.92 Å². The van der Waals surface area contributed by atoms with Gasteiger partial charge in [0, 0.05) is 13.2 Å². The number of methoxy groups -OCH3 is 1. The highest BCUT2D eigenvalue weighted by atomic mass is 16.5. The zero-order valence-electron chi connectivity index (χ0n) is 6.47. The van der Waals surface area contributed by atoms with E-state index in [1.165, 1.54) is 25.7 Å². The summed E-state index contributed by atoms with van der Waals surface area (Å²) in [7, 11) is 1.80. The molecule has 2 aliphatic carbocycles. The van der Waals surface area contributed by atoms with E-state index in [-0.39, 0.29) is 5.60 Å². The molecule has 2 nitrogen and oxygen atoms in total. The van der Waals surface area contributed by atoms with Crippen molar-refractivity contribution in [3.63, 3.8) is 0 Å². The molecule has 2 heteroatoms. The fourth-order valence-corrected chi connectivity index (χ4v) is 2.59. The van der Waals surface area contributed by atoms with Crippen molar-refractivity contribution in [2.24, 2.45) is 11.7 Å². The summed E-state index contributed by atoms with van der Waals surface area (Å²) >= 11 is 0. The van der Waals surface area contributed by atoms with Gasteiger partial charge in [-0.15, -0.1) is 0 Å². The molecule has 0 aromatic rings. The van der Waals surface area contributed by atoms with Crippen molar-refractivity contribution in [2.45, 2.75) is 37.3 Å². The van der Waals surface area contributed by atoms with Crippen molar-refractivity contribution < 1.29 is 4.74 Å². The van der Waals surface area contributed by atoms with Gasteiger partial charge in [-0.3, -0.25) is 0 Å². The van der Waals surface area contributed by atoms with Gasteiger partial charge in [0.2, 0.25) is 0 Å². The highest BCUT2D eigenvalue weighted by Gasteiger charge is 2.50. The van der Waals surface area contributed by atoms with Crippen molar-refractivity contribution in [3.8, 4) is 0 Å². The largest absolute Gasteiger partial charge is 0.377 e. The van der Waals surface area contributed by atoms with Crippen molar-refractivity contribution in [1.29, 1.82) is 0 Å². The molecule has 2 rings (SSSR count). The number of hydrogen-bond acceptors (Lipinski definition) is 2. The fourth-order valence-electron chi connectivity index (χ4n) is 2.59. The first-order valence-electron chi connectivity index (χ1n) is 4.07. The summed E-state index contributed by atoms with van der Waals surface area (Å²) in [5, 5.41) is 0. The zero-order valence-corrected chi connectivity index (χ0v) is 6.47. The highest BCUT2D eigenvalue weighted by molar-refractivity contribution is 5.05. The molecule has 2 N–H and O–H groups in total. The van der Waals surface area contributed by atoms with Gasteiger partial charge >= 0.3 is 0 Å². The van der Waals surface area contributed by atoms with Crippen LogP contribution in [0.4, 0.5) is 0 Å². The summed E-state index contributed by atoms with van der Waals surface area (Å²) in [6.45, 7) is 0. The molecule has 0 heterocycles. The van der Waals surface area contributed by atoms with Crippen molar-refractivity contribution in [1.82, 2.24) is 0 Å². The lowest BCUT2D eigenvalue weighted by Gasteiger charge is -2.30. The minimum Gasteiger partial charge on any atom is -0.377 e. The quantitative estimate of drug-likeness (QED) is 0.589. The first-order chi connectivity index (χ1) is 4.77. The average molecular weight is 141 g/mol. The van der Waals surface area contributed by atoms with Gasteiger partial charge < -0.3 is 10.5 Å². The predicted octanol–water partition coefficient (Wildman–Crippen LogP) is 0.903. The van der Waals surface area contributed by atoms with E-state index in [0.717, 1.165) is 5.92 Å². The van der Waals surface area contributed by atoms with Crippen LogP contribution in [0.3, 0.4) is 0 Å². The first-order valence-corrected chi connectivity index (χ1v) is 4.07. The normalized spacial score (nSPS) is 52.2. The lowest BCUT2D eigenvalue weighted by atomic mass is 9.92. The van der Waals surface area contributed by atoms with Crippen LogP contribution in [0.25, 0.3) is 0 Å². The molecule has 0 spiro atoms. The number of fused-ring (bicyclic) bond motifs is 2. The molecule has 2 saturated carbocycles. The van der Waals surface area contributed by atoms with E-state index in [1.54, 1.807) is 7.11 Å². The standard InChI is InChI=1S/C8H15NO/c1-10-8-3-2-6(5-8)4-7(8)9/h6-7H,2-5,9H2,1H3/t6-,7-,8+/m1/s1. The van der Waals surface area contributed by atoms with Gasteiger partial charge in [0.05, 0.1) is 5.60 Å². The van der Waals surface area contributed by atoms with Gasteiger partial charge in [-0.25, -0.2) is 0 Å². The molecule has 2 aliphatic rings. The third-order valence-corrected chi connectivity index (χ3v) is 3.28. The van der Waals surface area contributed by atoms with Crippen LogP contribution in [-0.2, 0) is 4.74 Å². The molecule has 3 atom stereocenters. The maximum atomic E-state index is 5.94. The Hall–Kier alpha value is -0.0800. The van der Waals surface area contributed by atoms with Crippen LogP contribution in [0.2, 0.25) is 0 Å². The van der Waals surface area contributed by atoms with E-state index >= 15 is 0 Å². The van der Waals surface area contributed by atoms with Crippen LogP contribution in [0.1, 0.15) is 25.7 Å². The van der Waals surface area contributed by atoms with E-state index in [2.05, 4.69) is 0 Å². The number of ether oxygens (including phenoxy) is 1. The van der Waals surface area contributed by atoms with E-state index in [4.69, 9.17) is 10.5 Å². The van der Waals surface area contributed by atoms with Gasteiger partial charge in [0.1, 0.15) is 0 Å². The molecular weight excluding hydrogens is 126 g/mol. The average Bonchev–Trinajstić information content (AvgIpc) is 2.44. The topological polar surface area (TPSA) is 35.2 Å². The van der Waals surface area contributed by atoms with Gasteiger partial charge in [0.15, 0.2) is 0 Å². The summed E-state index contributed by atoms with van der Waals surface area (Å²) < 4.78 is 5.48. The molecule has 2 bridgehead atoms. The summed E-state index contributed by atoms with van der Waals surface area (Å²) in [6, 6.07) is 0.316. The lowest BCUT2D eigenvalue weighted by Crippen LogP contribution is -2.44. The second-order valence-electron chi connectivity index (χ2n) is 3.72. The van der Waals surface area contributed by atoms with Crippen molar-refractivity contribution in [3.05, 3.63) is 0 Å². The molecule has 2 fully saturated rings. The Balaban J connectivity index is 2.19. The molecule has 10 heavy (non-hydrogen) atoms. The van der Waals surface area contributed by atoms with E-state index in [0.29, 0.717) is 6.04 Å². The van der Waals surface area contributed by atoms with Crippen LogP contribution in [0.15, 0.2) is 0 Å². The Morgan fingerprint density at radius 2 is 2.40 bits per heavy atom. The maximum Gasteiger partial charge on any atom is 0.0831 e. The first kappa shape index (κ1) is 6.62. The SMILES string of the molecule is CO[C@]12CC[C@H](C[C@H]1N)C2. The Bertz CT molecular complexity index is 148. The van der Waals surface area contributed by atoms with E-state index < -0.39 is 0 Å². The van der Waals surface area contributed by atoms with Crippen LogP contribution < -0.4 is 5.73 Å². The van der Waals surface area contributed by atoms with E-state index in [9.17, 15) is 0 Å². The maximum absolute atomic E-state index is 5.94. The smallest absolute Gasteiger partial charge is 0.0831 e. The van der Waals surface area contributed by atoms with Crippen LogP contribution in [0.5, 0.6) is 0 Å². The number of rotatable bonds is 1. The summed E-state index contributed by atoms with van der Waals surface area (Å²) in [4.78, 5) is 0. The minimum atomic E-state index is 0.0880. The number of hydrogen-bond donors (Lipinski definition) is 1. The van der Waals surface area contributed by atoms with Crippen molar-refractivity contribution in [2.75, 3.05) is 7.11 Å². The molecule has 0 saturated heterocycles. The minimum absolute atomic E-state index is 0.0880. The fraction of sp³-hybridized carbons (Fsp3) is 1.00. The van der Waals surface area contributed by atoms with Crippen molar-refractivity contribution >= 4 is 0 Å². The molecule has 0 unspecified atom stereocenters. The second kappa shape index (κ2) is 1.95. The molecule has 0 aromatic carbocycles. The van der Waals surface area contributed by atoms with Gasteiger partial charge in [0.25, 0.3) is 0 Å². The lowest BCUT2D eigenvalue weighted by molar-refractivity contribution is -0.0140. The van der Waals surface area contributed by atoms with Gasteiger partial charge in [-0.2, -0.15) is 0 Å². The molecule has 58 valence electrons.